The molecule has 78 valence electrons. The average molecular weight is 295 g/mol. The van der Waals surface area contributed by atoms with E-state index in [0.717, 1.165) is 15.4 Å². The smallest absolute Gasteiger partial charge is 0.107 e. The van der Waals surface area contributed by atoms with Crippen LogP contribution in [-0.2, 0) is 6.54 Å². The SMILES string of the molecule is Clc1sc(CN2CCCCC2)cc1Br. The van der Waals surface area contributed by atoms with Crippen LogP contribution in [0.15, 0.2) is 10.5 Å². The number of rotatable bonds is 2. The van der Waals surface area contributed by atoms with Crippen LogP contribution in [0, 0.1) is 0 Å². The van der Waals surface area contributed by atoms with Gasteiger partial charge in [0, 0.05) is 15.9 Å². The van der Waals surface area contributed by atoms with Crippen LogP contribution in [0.25, 0.3) is 0 Å². The lowest BCUT2D eigenvalue weighted by molar-refractivity contribution is 0.222. The van der Waals surface area contributed by atoms with Crippen LogP contribution in [0.2, 0.25) is 4.34 Å². The molecule has 1 fully saturated rings. The van der Waals surface area contributed by atoms with E-state index in [2.05, 4.69) is 26.9 Å². The molecule has 2 heterocycles. The molecule has 1 nitrogen and oxygen atoms in total. The summed E-state index contributed by atoms with van der Waals surface area (Å²) in [5, 5.41) is 0. The Morgan fingerprint density at radius 2 is 2.07 bits per heavy atom. The topological polar surface area (TPSA) is 3.24 Å². The van der Waals surface area contributed by atoms with Crippen molar-refractivity contribution in [2.75, 3.05) is 13.1 Å². The zero-order valence-electron chi connectivity index (χ0n) is 7.93. The van der Waals surface area contributed by atoms with Crippen LogP contribution in [0.1, 0.15) is 24.1 Å². The van der Waals surface area contributed by atoms with Gasteiger partial charge >= 0.3 is 0 Å². The summed E-state index contributed by atoms with van der Waals surface area (Å²) in [7, 11) is 0. The monoisotopic (exact) mass is 293 g/mol. The highest BCUT2D eigenvalue weighted by Crippen LogP contribution is 2.32. The van der Waals surface area contributed by atoms with Gasteiger partial charge in [-0.05, 0) is 47.9 Å². The van der Waals surface area contributed by atoms with Crippen molar-refractivity contribution in [1.29, 1.82) is 0 Å². The Balaban J connectivity index is 1.95. The molecule has 0 atom stereocenters. The van der Waals surface area contributed by atoms with Gasteiger partial charge in [-0.2, -0.15) is 0 Å². The third-order valence-electron chi connectivity index (χ3n) is 2.52. The first kappa shape index (κ1) is 10.9. The fourth-order valence-electron chi connectivity index (χ4n) is 1.81. The van der Waals surface area contributed by atoms with E-state index in [-0.39, 0.29) is 0 Å². The summed E-state index contributed by atoms with van der Waals surface area (Å²) in [6, 6.07) is 2.14. The summed E-state index contributed by atoms with van der Waals surface area (Å²) in [5.41, 5.74) is 0. The van der Waals surface area contributed by atoms with Gasteiger partial charge in [0.1, 0.15) is 4.34 Å². The van der Waals surface area contributed by atoms with Crippen molar-refractivity contribution in [3.8, 4) is 0 Å². The highest BCUT2D eigenvalue weighted by atomic mass is 79.9. The number of hydrogen-bond acceptors (Lipinski definition) is 2. The molecule has 1 aliphatic rings. The summed E-state index contributed by atoms with van der Waals surface area (Å²) in [6.45, 7) is 3.55. The zero-order chi connectivity index (χ0) is 9.97. The van der Waals surface area contributed by atoms with Crippen LogP contribution >= 0.6 is 38.9 Å². The van der Waals surface area contributed by atoms with Crippen molar-refractivity contribution in [2.24, 2.45) is 0 Å². The fraction of sp³-hybridized carbons (Fsp3) is 0.600. The molecule has 2 rings (SSSR count). The van der Waals surface area contributed by atoms with Crippen molar-refractivity contribution in [3.05, 3.63) is 19.8 Å². The molecule has 1 aliphatic heterocycles. The van der Waals surface area contributed by atoms with Gasteiger partial charge in [0.25, 0.3) is 0 Å². The summed E-state index contributed by atoms with van der Waals surface area (Å²) in [5.74, 6) is 0. The van der Waals surface area contributed by atoms with Gasteiger partial charge in [-0.3, -0.25) is 4.90 Å². The normalized spacial score (nSPS) is 18.7. The van der Waals surface area contributed by atoms with E-state index in [9.17, 15) is 0 Å². The van der Waals surface area contributed by atoms with Crippen molar-refractivity contribution in [2.45, 2.75) is 25.8 Å². The Bertz CT molecular complexity index is 288. The molecule has 0 aromatic carbocycles. The van der Waals surface area contributed by atoms with Crippen LogP contribution in [-0.4, -0.2) is 18.0 Å². The first-order valence-corrected chi connectivity index (χ1v) is 6.90. The number of piperidine rings is 1. The van der Waals surface area contributed by atoms with Gasteiger partial charge in [-0.15, -0.1) is 11.3 Å². The second-order valence-corrected chi connectivity index (χ2v) is 6.26. The van der Waals surface area contributed by atoms with Gasteiger partial charge in [-0.25, -0.2) is 0 Å². The van der Waals surface area contributed by atoms with Crippen LogP contribution < -0.4 is 0 Å². The predicted molar refractivity (Wildman–Crippen MR) is 66.2 cm³/mol. The Morgan fingerprint density at radius 3 is 2.64 bits per heavy atom. The standard InChI is InChI=1S/C10H13BrClNS/c11-9-6-8(14-10(9)12)7-13-4-2-1-3-5-13/h6H,1-5,7H2. The van der Waals surface area contributed by atoms with Crippen molar-refractivity contribution >= 4 is 38.9 Å². The Kier molecular flexibility index (Phi) is 3.88. The molecular weight excluding hydrogens is 282 g/mol. The maximum Gasteiger partial charge on any atom is 0.107 e. The fourth-order valence-corrected chi connectivity index (χ4v) is 3.64. The molecular formula is C10H13BrClNS. The van der Waals surface area contributed by atoms with E-state index in [1.54, 1.807) is 11.3 Å². The molecule has 1 aromatic rings. The lowest BCUT2D eigenvalue weighted by atomic mass is 10.1. The summed E-state index contributed by atoms with van der Waals surface area (Å²) < 4.78 is 1.91. The molecule has 0 unspecified atom stereocenters. The van der Waals surface area contributed by atoms with Gasteiger partial charge < -0.3 is 0 Å². The molecule has 0 radical (unpaired) electrons. The number of likely N-dealkylation sites (tertiary alicyclic amines) is 1. The molecule has 0 aliphatic carbocycles. The quantitative estimate of drug-likeness (QED) is 0.792. The molecule has 14 heavy (non-hydrogen) atoms. The summed E-state index contributed by atoms with van der Waals surface area (Å²) >= 11 is 11.1. The van der Waals surface area contributed by atoms with Crippen LogP contribution in [0.5, 0.6) is 0 Å². The summed E-state index contributed by atoms with van der Waals surface area (Å²) in [4.78, 5) is 3.88. The van der Waals surface area contributed by atoms with E-state index >= 15 is 0 Å². The number of halogens is 2. The minimum Gasteiger partial charge on any atom is -0.298 e. The number of hydrogen-bond donors (Lipinski definition) is 0. The molecule has 4 heteroatoms. The zero-order valence-corrected chi connectivity index (χ0v) is 11.1. The molecule has 0 saturated carbocycles. The molecule has 1 aromatic heterocycles. The molecule has 0 amide bonds. The molecule has 1 saturated heterocycles. The second kappa shape index (κ2) is 4.97. The van der Waals surface area contributed by atoms with Gasteiger partial charge in [-0.1, -0.05) is 18.0 Å². The van der Waals surface area contributed by atoms with E-state index in [4.69, 9.17) is 11.6 Å². The lowest BCUT2D eigenvalue weighted by Crippen LogP contribution is -2.28. The van der Waals surface area contributed by atoms with Gasteiger partial charge in [0.2, 0.25) is 0 Å². The van der Waals surface area contributed by atoms with Crippen LogP contribution in [0.3, 0.4) is 0 Å². The largest absolute Gasteiger partial charge is 0.298 e. The Labute approximate surface area is 102 Å². The minimum atomic E-state index is 0.872. The number of thiophene rings is 1. The van der Waals surface area contributed by atoms with Gasteiger partial charge in [0.15, 0.2) is 0 Å². The van der Waals surface area contributed by atoms with Crippen molar-refractivity contribution < 1.29 is 0 Å². The van der Waals surface area contributed by atoms with E-state index in [0.29, 0.717) is 0 Å². The third-order valence-corrected chi connectivity index (χ3v) is 4.98. The van der Waals surface area contributed by atoms with E-state index in [1.165, 1.54) is 37.2 Å². The number of nitrogens with zero attached hydrogens (tertiary/aromatic N) is 1. The Hall–Kier alpha value is 0.430. The highest BCUT2D eigenvalue weighted by molar-refractivity contribution is 9.10. The Morgan fingerprint density at radius 1 is 1.36 bits per heavy atom. The van der Waals surface area contributed by atoms with Gasteiger partial charge in [0.05, 0.1) is 0 Å². The highest BCUT2D eigenvalue weighted by Gasteiger charge is 2.12. The van der Waals surface area contributed by atoms with E-state index in [1.807, 2.05) is 0 Å². The van der Waals surface area contributed by atoms with Crippen LogP contribution in [0.4, 0.5) is 0 Å². The third kappa shape index (κ3) is 2.72. The average Bonchev–Trinajstić information content (AvgIpc) is 2.47. The molecule has 0 N–H and O–H groups in total. The van der Waals surface area contributed by atoms with Crippen molar-refractivity contribution in [3.63, 3.8) is 0 Å². The first-order chi connectivity index (χ1) is 6.75. The lowest BCUT2D eigenvalue weighted by Gasteiger charge is -2.25. The maximum atomic E-state index is 6.00. The second-order valence-electron chi connectivity index (χ2n) is 3.67. The van der Waals surface area contributed by atoms with E-state index < -0.39 is 0 Å². The molecule has 0 bridgehead atoms. The van der Waals surface area contributed by atoms with Crippen molar-refractivity contribution in [1.82, 2.24) is 4.90 Å². The predicted octanol–water partition coefficient (Wildman–Crippen LogP) is 4.15. The minimum absolute atomic E-state index is 0.872. The summed E-state index contributed by atoms with van der Waals surface area (Å²) in [6.07, 6.45) is 4.09. The first-order valence-electron chi connectivity index (χ1n) is 4.92. The molecule has 0 spiro atoms. The maximum absolute atomic E-state index is 6.00.